The van der Waals surface area contributed by atoms with Gasteiger partial charge in [0.25, 0.3) is 11.8 Å². The van der Waals surface area contributed by atoms with Crippen molar-refractivity contribution >= 4 is 17.7 Å². The zero-order valence-corrected chi connectivity index (χ0v) is 15.5. The van der Waals surface area contributed by atoms with E-state index in [-0.39, 0.29) is 23.1 Å². The van der Waals surface area contributed by atoms with E-state index in [0.29, 0.717) is 25.1 Å². The second kappa shape index (κ2) is 7.71. The molecule has 1 fully saturated rings. The molecule has 2 aliphatic heterocycles. The Morgan fingerprint density at radius 3 is 2.41 bits per heavy atom. The van der Waals surface area contributed by atoms with E-state index in [4.69, 9.17) is 0 Å². The number of hydrogen-bond donors (Lipinski definition) is 2. The number of hydrogen-bond acceptors (Lipinski definition) is 4. The Morgan fingerprint density at radius 1 is 1.07 bits per heavy atom. The maximum atomic E-state index is 13.7. The van der Waals surface area contributed by atoms with Gasteiger partial charge in [-0.15, -0.1) is 0 Å². The lowest BCUT2D eigenvalue weighted by molar-refractivity contribution is -0.122. The normalized spacial score (nSPS) is 21.2. The van der Waals surface area contributed by atoms with Gasteiger partial charge in [0.05, 0.1) is 11.1 Å². The third kappa shape index (κ3) is 3.63. The molecule has 2 unspecified atom stereocenters. The highest BCUT2D eigenvalue weighted by Gasteiger charge is 2.37. The minimum Gasteiger partial charge on any atom is -0.350 e. The van der Waals surface area contributed by atoms with E-state index < -0.39 is 35.9 Å². The first-order valence-electron chi connectivity index (χ1n) is 9.36. The Kier molecular flexibility index (Phi) is 5.10. The fraction of sp³-hybridized carbons (Fsp3) is 0.286. The fourth-order valence-electron chi connectivity index (χ4n) is 3.93. The largest absolute Gasteiger partial charge is 0.350 e. The Hall–Kier alpha value is -3.13. The molecule has 2 aromatic rings. The van der Waals surface area contributed by atoms with Gasteiger partial charge < -0.3 is 10.6 Å². The van der Waals surface area contributed by atoms with Crippen molar-refractivity contribution in [3.05, 3.63) is 70.8 Å². The van der Waals surface area contributed by atoms with E-state index in [2.05, 4.69) is 10.6 Å². The average Bonchev–Trinajstić information content (AvgIpc) is 2.96. The second-order valence-electron chi connectivity index (χ2n) is 7.19. The minimum atomic E-state index is -0.933. The number of carbonyl (C=O) groups excluding carboxylic acids is 3. The second-order valence-corrected chi connectivity index (χ2v) is 7.19. The van der Waals surface area contributed by atoms with Gasteiger partial charge in [0, 0.05) is 18.5 Å². The van der Waals surface area contributed by atoms with Crippen molar-refractivity contribution in [2.75, 3.05) is 19.6 Å². The summed E-state index contributed by atoms with van der Waals surface area (Å²) >= 11 is 0. The quantitative estimate of drug-likeness (QED) is 0.769. The van der Waals surface area contributed by atoms with Crippen molar-refractivity contribution in [2.24, 2.45) is 0 Å². The van der Waals surface area contributed by atoms with Crippen LogP contribution in [0.4, 0.5) is 8.78 Å². The lowest BCUT2D eigenvalue weighted by Crippen LogP contribution is -2.52. The molecule has 2 aromatic carbocycles. The molecule has 150 valence electrons. The number of nitrogens with zero attached hydrogens (tertiary/aromatic N) is 1. The number of fused-ring (bicyclic) bond motifs is 1. The first kappa shape index (κ1) is 19.2. The van der Waals surface area contributed by atoms with Crippen molar-refractivity contribution in [3.63, 3.8) is 0 Å². The Bertz CT molecular complexity index is 960. The molecule has 0 aromatic heterocycles. The Labute approximate surface area is 165 Å². The topological polar surface area (TPSA) is 78.5 Å². The molecule has 0 aliphatic carbocycles. The number of halogens is 2. The molecule has 6 nitrogen and oxygen atoms in total. The summed E-state index contributed by atoms with van der Waals surface area (Å²) < 4.78 is 26.9. The SMILES string of the molecule is O=C(CN1C(=O)c2ccccc2C1=O)NC1CNCCC1c1ccc(F)c(F)c1. The molecule has 8 heteroatoms. The number of imide groups is 1. The van der Waals surface area contributed by atoms with E-state index in [1.165, 1.54) is 6.07 Å². The molecule has 0 radical (unpaired) electrons. The van der Waals surface area contributed by atoms with E-state index in [1.54, 1.807) is 24.3 Å². The van der Waals surface area contributed by atoms with Crippen LogP contribution >= 0.6 is 0 Å². The molecular formula is C21H19F2N3O3. The molecule has 3 amide bonds. The van der Waals surface area contributed by atoms with Gasteiger partial charge in [0.2, 0.25) is 5.91 Å². The summed E-state index contributed by atoms with van der Waals surface area (Å²) in [6.07, 6.45) is 0.628. The van der Waals surface area contributed by atoms with Gasteiger partial charge in [-0.2, -0.15) is 0 Å². The highest BCUT2D eigenvalue weighted by molar-refractivity contribution is 6.22. The molecule has 2 atom stereocenters. The number of benzene rings is 2. The van der Waals surface area contributed by atoms with Gasteiger partial charge in [0.15, 0.2) is 11.6 Å². The summed E-state index contributed by atoms with van der Waals surface area (Å²) in [6.45, 7) is 0.722. The molecule has 29 heavy (non-hydrogen) atoms. The molecule has 2 aliphatic rings. The standard InChI is InChI=1S/C21H19F2N3O3/c22-16-6-5-12(9-17(16)23)13-7-8-24-10-18(13)25-19(27)11-26-20(28)14-3-1-2-4-15(14)21(26)29/h1-6,9,13,18,24H,7-8,10-11H2,(H,25,27). The fourth-order valence-corrected chi connectivity index (χ4v) is 3.93. The summed E-state index contributed by atoms with van der Waals surface area (Å²) in [5.41, 5.74) is 1.16. The predicted octanol–water partition coefficient (Wildman–Crippen LogP) is 1.82. The molecule has 2 N–H and O–H groups in total. The minimum absolute atomic E-state index is 0.211. The van der Waals surface area contributed by atoms with Crippen LogP contribution in [0.2, 0.25) is 0 Å². The van der Waals surface area contributed by atoms with Crippen LogP contribution in [-0.2, 0) is 4.79 Å². The monoisotopic (exact) mass is 399 g/mol. The van der Waals surface area contributed by atoms with Gasteiger partial charge in [-0.3, -0.25) is 19.3 Å². The van der Waals surface area contributed by atoms with Gasteiger partial charge in [-0.1, -0.05) is 18.2 Å². The number of amides is 3. The van der Waals surface area contributed by atoms with Gasteiger partial charge >= 0.3 is 0 Å². The lowest BCUT2D eigenvalue weighted by atomic mass is 9.86. The lowest BCUT2D eigenvalue weighted by Gasteiger charge is -2.33. The summed E-state index contributed by atoms with van der Waals surface area (Å²) in [7, 11) is 0. The summed E-state index contributed by atoms with van der Waals surface area (Å²) in [6, 6.07) is 9.78. The third-order valence-corrected chi connectivity index (χ3v) is 5.38. The summed E-state index contributed by atoms with van der Waals surface area (Å²) in [5, 5.41) is 5.99. The average molecular weight is 399 g/mol. The predicted molar refractivity (Wildman–Crippen MR) is 100 cm³/mol. The molecule has 4 rings (SSSR count). The third-order valence-electron chi connectivity index (χ3n) is 5.38. The van der Waals surface area contributed by atoms with Gasteiger partial charge in [-0.25, -0.2) is 8.78 Å². The molecule has 1 saturated heterocycles. The molecule has 0 spiro atoms. The van der Waals surface area contributed by atoms with Crippen LogP contribution in [0.5, 0.6) is 0 Å². The van der Waals surface area contributed by atoms with E-state index in [0.717, 1.165) is 17.0 Å². The van der Waals surface area contributed by atoms with Crippen molar-refractivity contribution in [1.82, 2.24) is 15.5 Å². The molecule has 0 saturated carbocycles. The van der Waals surface area contributed by atoms with Gasteiger partial charge in [-0.05, 0) is 42.8 Å². The van der Waals surface area contributed by atoms with E-state index in [1.807, 2.05) is 0 Å². The van der Waals surface area contributed by atoms with Crippen molar-refractivity contribution in [3.8, 4) is 0 Å². The highest BCUT2D eigenvalue weighted by atomic mass is 19.2. The van der Waals surface area contributed by atoms with Crippen molar-refractivity contribution in [2.45, 2.75) is 18.4 Å². The van der Waals surface area contributed by atoms with Crippen molar-refractivity contribution in [1.29, 1.82) is 0 Å². The number of piperidine rings is 1. The number of carbonyl (C=O) groups is 3. The van der Waals surface area contributed by atoms with Gasteiger partial charge in [0.1, 0.15) is 6.54 Å². The van der Waals surface area contributed by atoms with Crippen LogP contribution in [0.15, 0.2) is 42.5 Å². The summed E-state index contributed by atoms with van der Waals surface area (Å²) in [5.74, 6) is -3.55. The van der Waals surface area contributed by atoms with Crippen LogP contribution in [0.1, 0.15) is 38.6 Å². The highest BCUT2D eigenvalue weighted by Crippen LogP contribution is 2.27. The van der Waals surface area contributed by atoms with E-state index in [9.17, 15) is 23.2 Å². The maximum Gasteiger partial charge on any atom is 0.262 e. The molecular weight excluding hydrogens is 380 g/mol. The summed E-state index contributed by atoms with van der Waals surface area (Å²) in [4.78, 5) is 38.4. The van der Waals surface area contributed by atoms with Crippen LogP contribution in [0.25, 0.3) is 0 Å². The first-order chi connectivity index (χ1) is 14.0. The van der Waals surface area contributed by atoms with Crippen LogP contribution < -0.4 is 10.6 Å². The first-order valence-corrected chi connectivity index (χ1v) is 9.36. The number of nitrogens with one attached hydrogen (secondary N) is 2. The molecule has 2 heterocycles. The Morgan fingerprint density at radius 2 is 1.76 bits per heavy atom. The zero-order chi connectivity index (χ0) is 20.5. The zero-order valence-electron chi connectivity index (χ0n) is 15.5. The van der Waals surface area contributed by atoms with Crippen molar-refractivity contribution < 1.29 is 23.2 Å². The Balaban J connectivity index is 1.46. The van der Waals surface area contributed by atoms with Crippen LogP contribution in [0.3, 0.4) is 0 Å². The maximum absolute atomic E-state index is 13.7. The number of rotatable bonds is 4. The smallest absolute Gasteiger partial charge is 0.262 e. The van der Waals surface area contributed by atoms with E-state index >= 15 is 0 Å². The van der Waals surface area contributed by atoms with Crippen LogP contribution in [0, 0.1) is 11.6 Å². The van der Waals surface area contributed by atoms with Crippen LogP contribution in [-0.4, -0.2) is 48.3 Å². The molecule has 0 bridgehead atoms.